The van der Waals surface area contributed by atoms with Crippen LogP contribution in [-0.4, -0.2) is 10.9 Å². The van der Waals surface area contributed by atoms with Gasteiger partial charge in [0.2, 0.25) is 0 Å². The minimum absolute atomic E-state index is 0.0106. The molecule has 3 heterocycles. The van der Waals surface area contributed by atoms with E-state index in [1.54, 1.807) is 11.3 Å². The third-order valence-electron chi connectivity index (χ3n) is 5.29. The first kappa shape index (κ1) is 16.1. The highest BCUT2D eigenvalue weighted by atomic mass is 35.5. The molecule has 4 nitrogen and oxygen atoms in total. The zero-order chi connectivity index (χ0) is 17.8. The molecule has 1 aliphatic heterocycles. The summed E-state index contributed by atoms with van der Waals surface area (Å²) in [5.41, 5.74) is 4.86. The molecule has 5 rings (SSSR count). The summed E-state index contributed by atoms with van der Waals surface area (Å²) < 4.78 is 0. The lowest BCUT2D eigenvalue weighted by atomic mass is 9.94. The molecule has 1 atom stereocenters. The number of hydrogen-bond donors (Lipinski definition) is 2. The van der Waals surface area contributed by atoms with E-state index < -0.39 is 0 Å². The average Bonchev–Trinajstić information content (AvgIpc) is 3.01. The van der Waals surface area contributed by atoms with E-state index in [1.807, 2.05) is 31.2 Å². The van der Waals surface area contributed by atoms with Crippen LogP contribution in [0.25, 0.3) is 10.9 Å². The first-order valence-electron chi connectivity index (χ1n) is 8.89. The van der Waals surface area contributed by atoms with E-state index in [1.165, 1.54) is 16.9 Å². The molecule has 1 aromatic carbocycles. The van der Waals surface area contributed by atoms with E-state index >= 15 is 0 Å². The Balaban J connectivity index is 1.58. The summed E-state index contributed by atoms with van der Waals surface area (Å²) in [7, 11) is 0. The number of thiophene rings is 1. The zero-order valence-electron chi connectivity index (χ0n) is 14.4. The van der Waals surface area contributed by atoms with Crippen molar-refractivity contribution in [2.45, 2.75) is 38.8 Å². The number of fused-ring (bicyclic) bond motifs is 4. The molecule has 2 N–H and O–H groups in total. The molecule has 2 aliphatic rings. The number of amides is 1. The van der Waals surface area contributed by atoms with Gasteiger partial charge in [0.1, 0.15) is 16.3 Å². The number of aryl methyl sites for hydroxylation is 2. The van der Waals surface area contributed by atoms with Crippen LogP contribution in [0.2, 0.25) is 5.15 Å². The Bertz CT molecular complexity index is 1060. The van der Waals surface area contributed by atoms with E-state index in [4.69, 9.17) is 11.6 Å². The van der Waals surface area contributed by atoms with Gasteiger partial charge in [0.15, 0.2) is 0 Å². The van der Waals surface area contributed by atoms with Gasteiger partial charge in [-0.15, -0.1) is 11.3 Å². The maximum atomic E-state index is 12.8. The van der Waals surface area contributed by atoms with Crippen LogP contribution in [0.3, 0.4) is 0 Å². The second kappa shape index (κ2) is 5.96. The van der Waals surface area contributed by atoms with Gasteiger partial charge >= 0.3 is 0 Å². The second-order valence-electron chi connectivity index (χ2n) is 6.98. The summed E-state index contributed by atoms with van der Waals surface area (Å²) in [6.45, 7) is 2.02. The first-order chi connectivity index (χ1) is 12.6. The number of benzene rings is 1. The van der Waals surface area contributed by atoms with Crippen molar-refractivity contribution in [2.75, 3.05) is 5.32 Å². The molecule has 0 bridgehead atoms. The molecule has 6 heteroatoms. The number of hydrogen-bond acceptors (Lipinski definition) is 4. The van der Waals surface area contributed by atoms with Crippen molar-refractivity contribution in [1.82, 2.24) is 10.3 Å². The lowest BCUT2D eigenvalue weighted by molar-refractivity contribution is 0.0935. The zero-order valence-corrected chi connectivity index (χ0v) is 15.9. The summed E-state index contributed by atoms with van der Waals surface area (Å²) in [4.78, 5) is 18.7. The fraction of sp³-hybridized carbons (Fsp3) is 0.300. The lowest BCUT2D eigenvalue weighted by Gasteiger charge is -2.27. The SMILES string of the molecule is Cc1cccc2cc(C3NC(=O)c4c(sc5c4CCCC5)N3)c(Cl)nc12. The van der Waals surface area contributed by atoms with Crippen LogP contribution in [0, 0.1) is 6.92 Å². The van der Waals surface area contributed by atoms with Crippen LogP contribution >= 0.6 is 22.9 Å². The molecule has 0 saturated heterocycles. The Hall–Kier alpha value is -2.11. The minimum atomic E-state index is -0.361. The third-order valence-corrected chi connectivity index (χ3v) is 6.81. The number of rotatable bonds is 1. The van der Waals surface area contributed by atoms with Crippen LogP contribution in [0.5, 0.6) is 0 Å². The van der Waals surface area contributed by atoms with Gasteiger partial charge in [0.05, 0.1) is 11.1 Å². The molecule has 132 valence electrons. The number of carbonyl (C=O) groups excluding carboxylic acids is 1. The predicted octanol–water partition coefficient (Wildman–Crippen LogP) is 4.99. The third kappa shape index (κ3) is 2.42. The molecule has 0 saturated carbocycles. The van der Waals surface area contributed by atoms with Crippen molar-refractivity contribution in [2.24, 2.45) is 0 Å². The highest BCUT2D eigenvalue weighted by molar-refractivity contribution is 7.16. The topological polar surface area (TPSA) is 54.0 Å². The molecule has 2 aromatic heterocycles. The number of para-hydroxylation sites is 1. The molecule has 1 amide bonds. The fourth-order valence-electron chi connectivity index (χ4n) is 3.98. The largest absolute Gasteiger partial charge is 0.353 e. The van der Waals surface area contributed by atoms with Crippen LogP contribution in [0.1, 0.15) is 50.9 Å². The van der Waals surface area contributed by atoms with Gasteiger partial charge in [-0.2, -0.15) is 0 Å². The van der Waals surface area contributed by atoms with Crippen molar-refractivity contribution in [3.63, 3.8) is 0 Å². The maximum absolute atomic E-state index is 12.8. The van der Waals surface area contributed by atoms with E-state index in [-0.39, 0.29) is 12.1 Å². The number of pyridine rings is 1. The summed E-state index contributed by atoms with van der Waals surface area (Å²) in [6.07, 6.45) is 4.08. The van der Waals surface area contributed by atoms with Gasteiger partial charge in [-0.3, -0.25) is 4.79 Å². The molecule has 1 unspecified atom stereocenters. The monoisotopic (exact) mass is 383 g/mol. The van der Waals surface area contributed by atoms with Crippen LogP contribution in [0.4, 0.5) is 5.00 Å². The van der Waals surface area contributed by atoms with Crippen molar-refractivity contribution in [1.29, 1.82) is 0 Å². The summed E-state index contributed by atoms with van der Waals surface area (Å²) >= 11 is 8.20. The van der Waals surface area contributed by atoms with Gasteiger partial charge < -0.3 is 10.6 Å². The number of aromatic nitrogens is 1. The maximum Gasteiger partial charge on any atom is 0.256 e. The van der Waals surface area contributed by atoms with Crippen molar-refractivity contribution >= 4 is 44.7 Å². The smallest absolute Gasteiger partial charge is 0.256 e. The molecule has 0 radical (unpaired) electrons. The van der Waals surface area contributed by atoms with E-state index in [2.05, 4.69) is 15.6 Å². The van der Waals surface area contributed by atoms with Gasteiger partial charge in [-0.1, -0.05) is 29.8 Å². The van der Waals surface area contributed by atoms with Crippen LogP contribution in [-0.2, 0) is 12.8 Å². The standard InChI is InChI=1S/C20H18ClN3OS/c1-10-5-4-6-11-9-13(17(21)22-16(10)11)18-23-19(25)15-12-7-2-3-8-14(12)26-20(15)24-18/h4-6,9,18,24H,2-3,7-8H2,1H3,(H,23,25). The highest BCUT2D eigenvalue weighted by Crippen LogP contribution is 2.42. The Kier molecular flexibility index (Phi) is 3.69. The number of anilines is 1. The van der Waals surface area contributed by atoms with Gasteiger partial charge in [0, 0.05) is 15.8 Å². The average molecular weight is 384 g/mol. The normalized spacial score (nSPS) is 18.8. The molecule has 26 heavy (non-hydrogen) atoms. The number of carbonyl (C=O) groups is 1. The van der Waals surface area contributed by atoms with Crippen LogP contribution < -0.4 is 10.6 Å². The Morgan fingerprint density at radius 2 is 2.08 bits per heavy atom. The van der Waals surface area contributed by atoms with E-state index in [0.717, 1.165) is 51.9 Å². The Morgan fingerprint density at radius 3 is 2.96 bits per heavy atom. The predicted molar refractivity (Wildman–Crippen MR) is 106 cm³/mol. The molecule has 0 spiro atoms. The minimum Gasteiger partial charge on any atom is -0.353 e. The highest BCUT2D eigenvalue weighted by Gasteiger charge is 2.33. The van der Waals surface area contributed by atoms with Crippen molar-refractivity contribution in [3.8, 4) is 0 Å². The van der Waals surface area contributed by atoms with Crippen LogP contribution in [0.15, 0.2) is 24.3 Å². The quantitative estimate of drug-likeness (QED) is 0.582. The van der Waals surface area contributed by atoms with E-state index in [9.17, 15) is 4.79 Å². The fourth-order valence-corrected chi connectivity index (χ4v) is 5.54. The summed E-state index contributed by atoms with van der Waals surface area (Å²) in [5, 5.41) is 8.97. The molecular weight excluding hydrogens is 366 g/mol. The lowest BCUT2D eigenvalue weighted by Crippen LogP contribution is -2.38. The van der Waals surface area contributed by atoms with Gasteiger partial charge in [-0.05, 0) is 49.8 Å². The number of halogens is 1. The van der Waals surface area contributed by atoms with Crippen molar-refractivity contribution in [3.05, 3.63) is 56.5 Å². The van der Waals surface area contributed by atoms with E-state index in [0.29, 0.717) is 5.15 Å². The molecule has 3 aromatic rings. The molecule has 0 fully saturated rings. The molecule has 1 aliphatic carbocycles. The second-order valence-corrected chi connectivity index (χ2v) is 8.44. The number of nitrogens with zero attached hydrogens (tertiary/aromatic N) is 1. The Morgan fingerprint density at radius 1 is 1.23 bits per heavy atom. The molecular formula is C20H18ClN3OS. The Labute approximate surface area is 160 Å². The summed E-state index contributed by atoms with van der Waals surface area (Å²) in [6, 6.07) is 8.08. The first-order valence-corrected chi connectivity index (χ1v) is 10.1. The number of nitrogens with one attached hydrogen (secondary N) is 2. The van der Waals surface area contributed by atoms with Crippen molar-refractivity contribution < 1.29 is 4.79 Å². The van der Waals surface area contributed by atoms with Gasteiger partial charge in [-0.25, -0.2) is 4.98 Å². The summed E-state index contributed by atoms with van der Waals surface area (Å²) in [5.74, 6) is -0.0106. The van der Waals surface area contributed by atoms with Gasteiger partial charge in [0.25, 0.3) is 5.91 Å².